The molecule has 1 aliphatic heterocycles. The van der Waals surface area contributed by atoms with Crippen molar-refractivity contribution in [2.45, 2.75) is 19.6 Å². The first-order chi connectivity index (χ1) is 12.1. The molecular weight excluding hydrogens is 320 g/mol. The van der Waals surface area contributed by atoms with E-state index in [-0.39, 0.29) is 12.6 Å². The van der Waals surface area contributed by atoms with Gasteiger partial charge in [0.1, 0.15) is 13.2 Å². The van der Waals surface area contributed by atoms with Crippen molar-refractivity contribution in [1.82, 2.24) is 10.6 Å². The third-order valence-corrected chi connectivity index (χ3v) is 4.06. The molecule has 6 nitrogen and oxygen atoms in total. The van der Waals surface area contributed by atoms with Gasteiger partial charge in [0.25, 0.3) is 0 Å². The van der Waals surface area contributed by atoms with E-state index in [9.17, 15) is 9.90 Å². The molecule has 6 heteroatoms. The molecule has 0 radical (unpaired) electrons. The fourth-order valence-electron chi connectivity index (χ4n) is 2.70. The van der Waals surface area contributed by atoms with Crippen molar-refractivity contribution < 1.29 is 19.4 Å². The van der Waals surface area contributed by atoms with Crippen molar-refractivity contribution in [3.63, 3.8) is 0 Å². The van der Waals surface area contributed by atoms with Crippen LogP contribution >= 0.6 is 0 Å². The maximum atomic E-state index is 11.9. The van der Waals surface area contributed by atoms with Crippen molar-refractivity contribution >= 4 is 6.03 Å². The van der Waals surface area contributed by atoms with Crippen molar-refractivity contribution in [3.8, 4) is 11.5 Å². The first-order valence-electron chi connectivity index (χ1n) is 8.27. The molecule has 0 aliphatic carbocycles. The number of nitrogens with one attached hydrogen (secondary N) is 2. The smallest absolute Gasteiger partial charge is 0.315 e. The summed E-state index contributed by atoms with van der Waals surface area (Å²) in [5.74, 6) is 1.42. The maximum Gasteiger partial charge on any atom is 0.315 e. The van der Waals surface area contributed by atoms with E-state index >= 15 is 0 Å². The van der Waals surface area contributed by atoms with Gasteiger partial charge in [-0.15, -0.1) is 0 Å². The normalized spacial score (nSPS) is 13.8. The summed E-state index contributed by atoms with van der Waals surface area (Å²) < 4.78 is 11.0. The largest absolute Gasteiger partial charge is 0.486 e. The molecule has 1 heterocycles. The van der Waals surface area contributed by atoms with E-state index in [4.69, 9.17) is 9.47 Å². The molecule has 25 heavy (non-hydrogen) atoms. The van der Waals surface area contributed by atoms with Crippen LogP contribution in [0.15, 0.2) is 42.5 Å². The van der Waals surface area contributed by atoms with Crippen molar-refractivity contribution in [3.05, 3.63) is 59.2 Å². The van der Waals surface area contributed by atoms with Gasteiger partial charge in [-0.2, -0.15) is 0 Å². The first-order valence-corrected chi connectivity index (χ1v) is 8.27. The van der Waals surface area contributed by atoms with Crippen LogP contribution in [0.25, 0.3) is 0 Å². The Bertz CT molecular complexity index is 748. The second kappa shape index (κ2) is 7.90. The van der Waals surface area contributed by atoms with Gasteiger partial charge in [0.2, 0.25) is 0 Å². The van der Waals surface area contributed by atoms with Gasteiger partial charge in [0, 0.05) is 13.1 Å². The Hall–Kier alpha value is -2.73. The van der Waals surface area contributed by atoms with Gasteiger partial charge in [-0.25, -0.2) is 4.79 Å². The predicted molar refractivity (Wildman–Crippen MR) is 93.8 cm³/mol. The van der Waals surface area contributed by atoms with Crippen LogP contribution in [0.3, 0.4) is 0 Å². The lowest BCUT2D eigenvalue weighted by Gasteiger charge is -2.19. The SMILES string of the molecule is Cc1ccccc1[C@@H](O)CNC(=O)NCc1ccc2c(c1)OCCO2. The number of hydrogen-bond donors (Lipinski definition) is 3. The molecule has 0 spiro atoms. The topological polar surface area (TPSA) is 79.8 Å². The molecule has 1 atom stereocenters. The molecule has 0 aromatic heterocycles. The Morgan fingerprint density at radius 2 is 1.88 bits per heavy atom. The average molecular weight is 342 g/mol. The minimum Gasteiger partial charge on any atom is -0.486 e. The molecule has 132 valence electrons. The minimum absolute atomic E-state index is 0.151. The van der Waals surface area contributed by atoms with Gasteiger partial charge in [-0.3, -0.25) is 0 Å². The zero-order chi connectivity index (χ0) is 17.6. The number of benzene rings is 2. The Labute approximate surface area is 146 Å². The standard InChI is InChI=1S/C19H22N2O4/c1-13-4-2-3-5-15(13)16(22)12-21-19(23)20-11-14-6-7-17-18(10-14)25-9-8-24-17/h2-7,10,16,22H,8-9,11-12H2,1H3,(H2,20,21,23)/t16-/m0/s1. The molecular formula is C19H22N2O4. The lowest BCUT2D eigenvalue weighted by molar-refractivity contribution is 0.171. The fourth-order valence-corrected chi connectivity index (χ4v) is 2.70. The van der Waals surface area contributed by atoms with E-state index in [0.29, 0.717) is 25.5 Å². The van der Waals surface area contributed by atoms with E-state index in [2.05, 4.69) is 10.6 Å². The molecule has 3 rings (SSSR count). The van der Waals surface area contributed by atoms with Crippen LogP contribution in [0.5, 0.6) is 11.5 Å². The van der Waals surface area contributed by atoms with Gasteiger partial charge in [0.05, 0.1) is 6.10 Å². The third kappa shape index (κ3) is 4.42. The van der Waals surface area contributed by atoms with Gasteiger partial charge >= 0.3 is 6.03 Å². The Balaban J connectivity index is 1.47. The second-order valence-electron chi connectivity index (χ2n) is 5.91. The highest BCUT2D eigenvalue weighted by Crippen LogP contribution is 2.30. The second-order valence-corrected chi connectivity index (χ2v) is 5.91. The fraction of sp³-hybridized carbons (Fsp3) is 0.316. The Morgan fingerprint density at radius 1 is 1.12 bits per heavy atom. The molecule has 1 aliphatic rings. The van der Waals surface area contributed by atoms with Crippen LogP contribution in [0, 0.1) is 6.92 Å². The summed E-state index contributed by atoms with van der Waals surface area (Å²) >= 11 is 0. The van der Waals surface area contributed by atoms with Crippen LogP contribution in [-0.2, 0) is 6.54 Å². The number of rotatable bonds is 5. The van der Waals surface area contributed by atoms with Crippen LogP contribution in [0.1, 0.15) is 22.8 Å². The van der Waals surface area contributed by atoms with E-state index in [0.717, 1.165) is 22.4 Å². The highest BCUT2D eigenvalue weighted by molar-refractivity contribution is 5.73. The summed E-state index contributed by atoms with van der Waals surface area (Å²) in [6, 6.07) is 12.8. The molecule has 0 bridgehead atoms. The van der Waals surface area contributed by atoms with Gasteiger partial charge in [-0.1, -0.05) is 30.3 Å². The number of aliphatic hydroxyl groups is 1. The van der Waals surface area contributed by atoms with Gasteiger partial charge in [0.15, 0.2) is 11.5 Å². The zero-order valence-corrected chi connectivity index (χ0v) is 14.1. The number of fused-ring (bicyclic) bond motifs is 1. The van der Waals surface area contributed by atoms with Crippen molar-refractivity contribution in [2.24, 2.45) is 0 Å². The summed E-state index contributed by atoms with van der Waals surface area (Å²) in [5.41, 5.74) is 2.72. The number of carbonyl (C=O) groups excluding carboxylic acids is 1. The Morgan fingerprint density at radius 3 is 2.68 bits per heavy atom. The van der Waals surface area contributed by atoms with Gasteiger partial charge < -0.3 is 25.2 Å². The molecule has 2 aromatic rings. The summed E-state index contributed by atoms with van der Waals surface area (Å²) in [4.78, 5) is 11.9. The maximum absolute atomic E-state index is 11.9. The highest BCUT2D eigenvalue weighted by Gasteiger charge is 2.13. The number of ether oxygens (including phenoxy) is 2. The molecule has 0 saturated heterocycles. The quantitative estimate of drug-likeness (QED) is 0.779. The molecule has 3 N–H and O–H groups in total. The molecule has 0 unspecified atom stereocenters. The number of amides is 2. The van der Waals surface area contributed by atoms with Crippen molar-refractivity contribution in [1.29, 1.82) is 0 Å². The van der Waals surface area contributed by atoms with E-state index in [1.54, 1.807) is 0 Å². The highest BCUT2D eigenvalue weighted by atomic mass is 16.6. The third-order valence-electron chi connectivity index (χ3n) is 4.06. The minimum atomic E-state index is -0.735. The van der Waals surface area contributed by atoms with Crippen LogP contribution in [-0.4, -0.2) is 30.9 Å². The average Bonchev–Trinajstić information content (AvgIpc) is 2.64. The van der Waals surface area contributed by atoms with E-state index in [1.807, 2.05) is 49.4 Å². The Kier molecular flexibility index (Phi) is 5.40. The molecule has 0 fully saturated rings. The van der Waals surface area contributed by atoms with Crippen LogP contribution in [0.4, 0.5) is 4.79 Å². The van der Waals surface area contributed by atoms with Crippen molar-refractivity contribution in [2.75, 3.05) is 19.8 Å². The summed E-state index contributed by atoms with van der Waals surface area (Å²) in [6.45, 7) is 3.53. The first kappa shape index (κ1) is 17.1. The van der Waals surface area contributed by atoms with Crippen LogP contribution in [0.2, 0.25) is 0 Å². The number of aryl methyl sites for hydroxylation is 1. The number of aliphatic hydroxyl groups excluding tert-OH is 1. The summed E-state index contributed by atoms with van der Waals surface area (Å²) in [7, 11) is 0. The van der Waals surface area contributed by atoms with E-state index < -0.39 is 6.10 Å². The number of hydrogen-bond acceptors (Lipinski definition) is 4. The summed E-state index contributed by atoms with van der Waals surface area (Å²) in [5, 5.41) is 15.6. The molecule has 0 saturated carbocycles. The number of carbonyl (C=O) groups is 1. The van der Waals surface area contributed by atoms with Crippen LogP contribution < -0.4 is 20.1 Å². The lowest BCUT2D eigenvalue weighted by Crippen LogP contribution is -2.37. The lowest BCUT2D eigenvalue weighted by atomic mass is 10.0. The number of urea groups is 1. The zero-order valence-electron chi connectivity index (χ0n) is 14.1. The summed E-state index contributed by atoms with van der Waals surface area (Å²) in [6.07, 6.45) is -0.735. The predicted octanol–water partition coefficient (Wildman–Crippen LogP) is 2.30. The molecule has 2 amide bonds. The molecule has 2 aromatic carbocycles. The monoisotopic (exact) mass is 342 g/mol. The van der Waals surface area contributed by atoms with E-state index in [1.165, 1.54) is 0 Å². The van der Waals surface area contributed by atoms with Gasteiger partial charge in [-0.05, 0) is 35.7 Å².